The Hall–Kier alpha value is -2.07. The molecule has 0 aromatic heterocycles. The van der Waals surface area contributed by atoms with E-state index in [1.165, 1.54) is 0 Å². The number of hydrogen-bond acceptors (Lipinski definition) is 3. The van der Waals surface area contributed by atoms with Gasteiger partial charge in [0.05, 0.1) is 0 Å². The summed E-state index contributed by atoms with van der Waals surface area (Å²) in [5.41, 5.74) is 0.147. The molecule has 0 aliphatic rings. The predicted octanol–water partition coefficient (Wildman–Crippen LogP) is 2.91. The maximum absolute atomic E-state index is 11.2. The molecule has 0 heterocycles. The summed E-state index contributed by atoms with van der Waals surface area (Å²) in [5.74, 6) is -0.652. The van der Waals surface area contributed by atoms with E-state index in [0.717, 1.165) is 10.8 Å². The van der Waals surface area contributed by atoms with Crippen LogP contribution in [0.3, 0.4) is 0 Å². The second kappa shape index (κ2) is 5.51. The van der Waals surface area contributed by atoms with Gasteiger partial charge in [-0.1, -0.05) is 30.3 Å². The lowest BCUT2D eigenvalue weighted by Gasteiger charge is -2.12. The highest BCUT2D eigenvalue weighted by molar-refractivity contribution is 6.00. The Morgan fingerprint density at radius 3 is 2.72 bits per heavy atom. The molecule has 0 saturated carbocycles. The van der Waals surface area contributed by atoms with Crippen molar-refractivity contribution in [3.63, 3.8) is 0 Å². The largest absolute Gasteiger partial charge is 0.478 e. The van der Waals surface area contributed by atoms with Crippen LogP contribution in [0.2, 0.25) is 0 Å². The molecule has 18 heavy (non-hydrogen) atoms. The fraction of sp³-hybridized carbons (Fsp3) is 0.214. The summed E-state index contributed by atoms with van der Waals surface area (Å²) >= 11 is 0. The van der Waals surface area contributed by atoms with E-state index < -0.39 is 5.97 Å². The molecule has 0 atom stereocenters. The van der Waals surface area contributed by atoms with Crippen LogP contribution in [0.1, 0.15) is 17.3 Å². The zero-order valence-electron chi connectivity index (χ0n) is 10.1. The van der Waals surface area contributed by atoms with Gasteiger partial charge in [-0.3, -0.25) is 0 Å². The minimum atomic E-state index is -1.01. The average molecular weight is 246 g/mol. The maximum Gasteiger partial charge on any atom is 0.339 e. The SMILES string of the molecule is CCOCOc1c(C(=O)O)ccc2ccccc12. The minimum Gasteiger partial charge on any atom is -0.478 e. The monoisotopic (exact) mass is 246 g/mol. The molecule has 2 aromatic rings. The van der Waals surface area contributed by atoms with E-state index in [2.05, 4.69) is 0 Å². The first kappa shape index (κ1) is 12.4. The van der Waals surface area contributed by atoms with Crippen LogP contribution in [0.15, 0.2) is 36.4 Å². The van der Waals surface area contributed by atoms with Crippen molar-refractivity contribution in [2.45, 2.75) is 6.92 Å². The number of hydrogen-bond donors (Lipinski definition) is 1. The van der Waals surface area contributed by atoms with E-state index in [9.17, 15) is 4.79 Å². The van der Waals surface area contributed by atoms with Gasteiger partial charge in [0.15, 0.2) is 6.79 Å². The van der Waals surface area contributed by atoms with Crippen LogP contribution in [0.5, 0.6) is 5.75 Å². The first-order valence-electron chi connectivity index (χ1n) is 5.69. The number of carboxylic acids is 1. The molecule has 2 rings (SSSR count). The molecule has 1 N–H and O–H groups in total. The topological polar surface area (TPSA) is 55.8 Å². The van der Waals surface area contributed by atoms with Crippen molar-refractivity contribution in [1.82, 2.24) is 0 Å². The fourth-order valence-electron chi connectivity index (χ4n) is 1.75. The molecule has 0 unspecified atom stereocenters. The van der Waals surface area contributed by atoms with Gasteiger partial charge < -0.3 is 14.6 Å². The van der Waals surface area contributed by atoms with Crippen LogP contribution in [0, 0.1) is 0 Å². The van der Waals surface area contributed by atoms with Crippen molar-refractivity contribution in [3.05, 3.63) is 42.0 Å². The Kier molecular flexibility index (Phi) is 3.79. The average Bonchev–Trinajstić information content (AvgIpc) is 2.38. The van der Waals surface area contributed by atoms with Crippen molar-refractivity contribution < 1.29 is 19.4 Å². The third-order valence-corrected chi connectivity index (χ3v) is 2.60. The van der Waals surface area contributed by atoms with Gasteiger partial charge in [-0.05, 0) is 18.4 Å². The van der Waals surface area contributed by atoms with Crippen molar-refractivity contribution in [3.8, 4) is 5.75 Å². The maximum atomic E-state index is 11.2. The van der Waals surface area contributed by atoms with Gasteiger partial charge in [-0.2, -0.15) is 0 Å². The Morgan fingerprint density at radius 1 is 1.22 bits per heavy atom. The van der Waals surface area contributed by atoms with E-state index in [0.29, 0.717) is 12.4 Å². The molecule has 0 amide bonds. The standard InChI is InChI=1S/C14H14O4/c1-2-17-9-18-13-11-6-4-3-5-10(11)7-8-12(13)14(15)16/h3-8H,2,9H2,1H3,(H,15,16). The first-order valence-corrected chi connectivity index (χ1v) is 5.69. The number of carbonyl (C=O) groups is 1. The van der Waals surface area contributed by atoms with Gasteiger partial charge >= 0.3 is 5.97 Å². The predicted molar refractivity (Wildman–Crippen MR) is 68.0 cm³/mol. The fourth-order valence-corrected chi connectivity index (χ4v) is 1.75. The molecule has 0 spiro atoms. The summed E-state index contributed by atoms with van der Waals surface area (Å²) in [6, 6.07) is 10.8. The highest BCUT2D eigenvalue weighted by atomic mass is 16.7. The van der Waals surface area contributed by atoms with E-state index >= 15 is 0 Å². The zero-order valence-corrected chi connectivity index (χ0v) is 10.1. The number of aromatic carboxylic acids is 1. The zero-order chi connectivity index (χ0) is 13.0. The molecule has 0 aliphatic heterocycles. The first-order chi connectivity index (χ1) is 8.74. The van der Waals surface area contributed by atoms with Crippen LogP contribution in [-0.4, -0.2) is 24.5 Å². The van der Waals surface area contributed by atoms with Crippen molar-refractivity contribution >= 4 is 16.7 Å². The quantitative estimate of drug-likeness (QED) is 0.651. The Bertz CT molecular complexity index is 563. The van der Waals surface area contributed by atoms with Crippen LogP contribution >= 0.6 is 0 Å². The molecule has 0 radical (unpaired) electrons. The van der Waals surface area contributed by atoms with Gasteiger partial charge in [0.25, 0.3) is 0 Å². The summed E-state index contributed by atoms with van der Waals surface area (Å²) < 4.78 is 10.6. The van der Waals surface area contributed by atoms with Gasteiger partial charge in [0.1, 0.15) is 11.3 Å². The second-order valence-electron chi connectivity index (χ2n) is 3.72. The molecular formula is C14H14O4. The third kappa shape index (κ3) is 2.43. The van der Waals surface area contributed by atoms with Crippen LogP contribution in [0.4, 0.5) is 0 Å². The van der Waals surface area contributed by atoms with Gasteiger partial charge in [-0.25, -0.2) is 4.79 Å². The van der Waals surface area contributed by atoms with E-state index in [-0.39, 0.29) is 12.4 Å². The van der Waals surface area contributed by atoms with E-state index in [1.807, 2.05) is 31.2 Å². The molecule has 4 heteroatoms. The Morgan fingerprint density at radius 2 is 2.00 bits per heavy atom. The lowest BCUT2D eigenvalue weighted by atomic mass is 10.1. The number of rotatable bonds is 5. The van der Waals surface area contributed by atoms with Crippen molar-refractivity contribution in [2.75, 3.05) is 13.4 Å². The van der Waals surface area contributed by atoms with Crippen molar-refractivity contribution in [2.24, 2.45) is 0 Å². The highest BCUT2D eigenvalue weighted by Gasteiger charge is 2.14. The molecule has 2 aromatic carbocycles. The normalized spacial score (nSPS) is 10.5. The number of fused-ring (bicyclic) bond motifs is 1. The lowest BCUT2D eigenvalue weighted by Crippen LogP contribution is -2.07. The van der Waals surface area contributed by atoms with Gasteiger partial charge in [0, 0.05) is 12.0 Å². The Balaban J connectivity index is 2.48. The third-order valence-electron chi connectivity index (χ3n) is 2.60. The smallest absolute Gasteiger partial charge is 0.339 e. The molecular weight excluding hydrogens is 232 g/mol. The molecule has 0 fully saturated rings. The van der Waals surface area contributed by atoms with Crippen molar-refractivity contribution in [1.29, 1.82) is 0 Å². The lowest BCUT2D eigenvalue weighted by molar-refractivity contribution is 0.0223. The van der Waals surface area contributed by atoms with E-state index in [1.54, 1.807) is 12.1 Å². The summed E-state index contributed by atoms with van der Waals surface area (Å²) in [6.07, 6.45) is 0. The minimum absolute atomic E-state index is 0.0464. The highest BCUT2D eigenvalue weighted by Crippen LogP contribution is 2.29. The summed E-state index contributed by atoms with van der Waals surface area (Å²) in [6.45, 7) is 2.42. The molecule has 0 aliphatic carbocycles. The summed E-state index contributed by atoms with van der Waals surface area (Å²) in [4.78, 5) is 11.2. The van der Waals surface area contributed by atoms with Gasteiger partial charge in [0.2, 0.25) is 0 Å². The summed E-state index contributed by atoms with van der Waals surface area (Å²) in [5, 5.41) is 10.9. The van der Waals surface area contributed by atoms with Crippen LogP contribution in [-0.2, 0) is 4.74 Å². The molecule has 94 valence electrons. The van der Waals surface area contributed by atoms with E-state index in [4.69, 9.17) is 14.6 Å². The second-order valence-corrected chi connectivity index (χ2v) is 3.72. The van der Waals surface area contributed by atoms with Crippen LogP contribution in [0.25, 0.3) is 10.8 Å². The summed E-state index contributed by atoms with van der Waals surface area (Å²) in [7, 11) is 0. The Labute approximate surface area is 105 Å². The molecule has 4 nitrogen and oxygen atoms in total. The number of carboxylic acid groups (broad SMARTS) is 1. The molecule has 0 saturated heterocycles. The number of ether oxygens (including phenoxy) is 2. The number of benzene rings is 2. The van der Waals surface area contributed by atoms with Crippen LogP contribution < -0.4 is 4.74 Å². The van der Waals surface area contributed by atoms with Gasteiger partial charge in [-0.15, -0.1) is 0 Å². The molecule has 0 bridgehead atoms.